The van der Waals surface area contributed by atoms with E-state index in [2.05, 4.69) is 31.1 Å². The lowest BCUT2D eigenvalue weighted by Crippen LogP contribution is -2.71. The standard InChI is InChI=1S/C16H14N8O6S3/c1-23-16(20-21-22-23)33-3-6-2-31-13-8(12(28)24(13)9(6)14(29)30)19-11(27)10(26)7-4-32-15(18-7)17-5-25/h4-5,8,13H,2-3H2,1H3,(H,19,27)(H,29,30)(H,17,18,25)/t8?,13-/m1/s1. The molecule has 33 heavy (non-hydrogen) atoms. The summed E-state index contributed by atoms with van der Waals surface area (Å²) in [7, 11) is 1.65. The minimum absolute atomic E-state index is 0.146. The maximum Gasteiger partial charge on any atom is 0.352 e. The van der Waals surface area contributed by atoms with Crippen LogP contribution in [0, 0.1) is 0 Å². The van der Waals surface area contributed by atoms with Gasteiger partial charge in [0.25, 0.3) is 17.6 Å². The quantitative estimate of drug-likeness (QED) is 0.122. The number of aryl methyl sites for hydroxylation is 1. The summed E-state index contributed by atoms with van der Waals surface area (Å²) in [5, 5.41) is 26.7. The van der Waals surface area contributed by atoms with Crippen LogP contribution >= 0.6 is 34.9 Å². The van der Waals surface area contributed by atoms with E-state index in [-0.39, 0.29) is 22.3 Å². The summed E-state index contributed by atoms with van der Waals surface area (Å²) >= 11 is 3.48. The van der Waals surface area contributed by atoms with E-state index < -0.39 is 35.0 Å². The van der Waals surface area contributed by atoms with Crippen molar-refractivity contribution in [2.24, 2.45) is 7.05 Å². The molecule has 3 N–H and O–H groups in total. The first-order chi connectivity index (χ1) is 15.8. The van der Waals surface area contributed by atoms with Crippen LogP contribution in [0.4, 0.5) is 5.13 Å². The average Bonchev–Trinajstić information content (AvgIpc) is 3.43. The number of ketones is 1. The van der Waals surface area contributed by atoms with E-state index in [4.69, 9.17) is 0 Å². The van der Waals surface area contributed by atoms with E-state index in [1.54, 1.807) is 7.05 Å². The van der Waals surface area contributed by atoms with Crippen LogP contribution in [0.25, 0.3) is 0 Å². The minimum Gasteiger partial charge on any atom is -0.477 e. The Balaban J connectivity index is 1.44. The van der Waals surface area contributed by atoms with Gasteiger partial charge in [0.05, 0.1) is 0 Å². The number of thiazole rings is 1. The predicted octanol–water partition coefficient (Wildman–Crippen LogP) is -1.05. The molecule has 0 bridgehead atoms. The van der Waals surface area contributed by atoms with Gasteiger partial charge in [0.2, 0.25) is 11.6 Å². The molecule has 4 rings (SSSR count). The summed E-state index contributed by atoms with van der Waals surface area (Å²) < 4.78 is 1.45. The lowest BCUT2D eigenvalue weighted by Gasteiger charge is -2.49. The molecule has 0 saturated carbocycles. The van der Waals surface area contributed by atoms with Gasteiger partial charge in [-0.05, 0) is 16.0 Å². The third-order valence-corrected chi connectivity index (χ3v) is 7.83. The number of β-lactam (4-membered cyclic amide) rings is 1. The molecule has 1 unspecified atom stereocenters. The molecule has 2 atom stereocenters. The highest BCUT2D eigenvalue weighted by atomic mass is 32.2. The number of thioether (sulfide) groups is 2. The van der Waals surface area contributed by atoms with Gasteiger partial charge < -0.3 is 15.7 Å². The number of tetrazole rings is 1. The molecular formula is C16H14N8O6S3. The van der Waals surface area contributed by atoms with E-state index in [0.717, 1.165) is 16.2 Å². The molecule has 14 nitrogen and oxygen atoms in total. The van der Waals surface area contributed by atoms with Gasteiger partial charge in [0, 0.05) is 23.9 Å². The normalized spacial score (nSPS) is 19.5. The molecule has 0 radical (unpaired) electrons. The number of hydrogen-bond acceptors (Lipinski definition) is 12. The highest BCUT2D eigenvalue weighted by Crippen LogP contribution is 2.41. The van der Waals surface area contributed by atoms with Crippen molar-refractivity contribution in [3.05, 3.63) is 22.3 Å². The first kappa shape index (κ1) is 22.9. The Bertz CT molecular complexity index is 1190. The summed E-state index contributed by atoms with van der Waals surface area (Å²) in [6.07, 6.45) is 0.388. The molecule has 4 heterocycles. The number of aliphatic carboxylic acids is 1. The number of carboxylic acids is 1. The number of hydrogen-bond donors (Lipinski definition) is 3. The Hall–Kier alpha value is -3.31. The van der Waals surface area contributed by atoms with Crippen molar-refractivity contribution < 1.29 is 29.1 Å². The molecule has 1 saturated heterocycles. The summed E-state index contributed by atoms with van der Waals surface area (Å²) in [4.78, 5) is 64.7. The zero-order chi connectivity index (χ0) is 23.7. The second kappa shape index (κ2) is 9.28. The monoisotopic (exact) mass is 510 g/mol. The van der Waals surface area contributed by atoms with E-state index in [9.17, 15) is 29.1 Å². The Morgan fingerprint density at radius 2 is 2.18 bits per heavy atom. The lowest BCUT2D eigenvalue weighted by atomic mass is 10.0. The summed E-state index contributed by atoms with van der Waals surface area (Å²) in [5.41, 5.74) is 0.196. The number of nitrogens with zero attached hydrogens (tertiary/aromatic N) is 6. The Morgan fingerprint density at radius 3 is 2.85 bits per heavy atom. The highest BCUT2D eigenvalue weighted by molar-refractivity contribution is 8.01. The molecule has 1 fully saturated rings. The number of carbonyl (C=O) groups is 5. The zero-order valence-electron chi connectivity index (χ0n) is 16.6. The van der Waals surface area contributed by atoms with Crippen LogP contribution in [0.5, 0.6) is 0 Å². The topological polar surface area (TPSA) is 189 Å². The van der Waals surface area contributed by atoms with Gasteiger partial charge in [-0.1, -0.05) is 11.8 Å². The molecule has 0 spiro atoms. The van der Waals surface area contributed by atoms with Crippen molar-refractivity contribution in [1.82, 2.24) is 35.4 Å². The Kier molecular flexibility index (Phi) is 6.43. The summed E-state index contributed by atoms with van der Waals surface area (Å²) in [5.74, 6) is -3.35. The van der Waals surface area contributed by atoms with E-state index >= 15 is 0 Å². The number of aromatic nitrogens is 5. The summed E-state index contributed by atoms with van der Waals surface area (Å²) in [6, 6.07) is -1.05. The molecular weight excluding hydrogens is 496 g/mol. The van der Waals surface area contributed by atoms with Gasteiger partial charge in [-0.2, -0.15) is 0 Å². The van der Waals surface area contributed by atoms with Gasteiger partial charge in [-0.15, -0.1) is 28.2 Å². The fourth-order valence-electron chi connectivity index (χ4n) is 3.11. The van der Waals surface area contributed by atoms with E-state index in [1.807, 2.05) is 0 Å². The van der Waals surface area contributed by atoms with Crippen molar-refractivity contribution in [3.63, 3.8) is 0 Å². The van der Waals surface area contributed by atoms with Crippen LogP contribution in [0.3, 0.4) is 0 Å². The number of anilines is 1. The number of rotatable bonds is 9. The number of nitrogens with one attached hydrogen (secondary N) is 2. The molecule has 2 aromatic heterocycles. The maximum atomic E-state index is 12.7. The molecule has 3 amide bonds. The molecule has 0 aromatic carbocycles. The lowest BCUT2D eigenvalue weighted by molar-refractivity contribution is -0.150. The highest BCUT2D eigenvalue weighted by Gasteiger charge is 2.54. The van der Waals surface area contributed by atoms with Crippen molar-refractivity contribution in [3.8, 4) is 0 Å². The van der Waals surface area contributed by atoms with Gasteiger partial charge in [-0.25, -0.2) is 14.5 Å². The molecule has 2 aromatic rings. The fourth-order valence-corrected chi connectivity index (χ4v) is 6.09. The van der Waals surface area contributed by atoms with Crippen LogP contribution in [-0.4, -0.2) is 88.1 Å². The number of Topliss-reactive ketones (excluding diaryl/α,β-unsaturated/α-hetero) is 1. The SMILES string of the molecule is Cn1nnnc1SCC1=C(C(=O)O)N2C(=O)C(NC(=O)C(=O)c3csc(NC=O)n3)[C@H]2SC1. The molecule has 0 aliphatic carbocycles. The van der Waals surface area contributed by atoms with Gasteiger partial charge >= 0.3 is 5.97 Å². The van der Waals surface area contributed by atoms with Crippen molar-refractivity contribution in [1.29, 1.82) is 0 Å². The van der Waals surface area contributed by atoms with Gasteiger partial charge in [0.15, 0.2) is 5.13 Å². The zero-order valence-corrected chi connectivity index (χ0v) is 19.1. The van der Waals surface area contributed by atoms with Gasteiger partial charge in [-0.3, -0.25) is 24.1 Å². The van der Waals surface area contributed by atoms with Crippen LogP contribution in [0.15, 0.2) is 21.8 Å². The van der Waals surface area contributed by atoms with Crippen LogP contribution < -0.4 is 10.6 Å². The second-order valence-corrected chi connectivity index (χ2v) is 9.53. The van der Waals surface area contributed by atoms with E-state index in [0.29, 0.717) is 22.9 Å². The Morgan fingerprint density at radius 1 is 1.39 bits per heavy atom. The first-order valence-electron chi connectivity index (χ1n) is 9.08. The van der Waals surface area contributed by atoms with Crippen molar-refractivity contribution in [2.75, 3.05) is 16.8 Å². The predicted molar refractivity (Wildman–Crippen MR) is 115 cm³/mol. The van der Waals surface area contributed by atoms with Crippen molar-refractivity contribution >= 4 is 70.0 Å². The van der Waals surface area contributed by atoms with Gasteiger partial charge in [0.1, 0.15) is 22.8 Å². The number of carboxylic acid groups (broad SMARTS) is 1. The number of carbonyl (C=O) groups excluding carboxylic acids is 4. The number of amides is 3. The maximum absolute atomic E-state index is 12.7. The van der Waals surface area contributed by atoms with E-state index in [1.165, 1.54) is 33.6 Å². The molecule has 2 aliphatic heterocycles. The molecule has 172 valence electrons. The van der Waals surface area contributed by atoms with Crippen LogP contribution in [0.2, 0.25) is 0 Å². The smallest absolute Gasteiger partial charge is 0.352 e. The van der Waals surface area contributed by atoms with Crippen molar-refractivity contribution in [2.45, 2.75) is 16.6 Å². The van der Waals surface area contributed by atoms with Crippen LogP contribution in [0.1, 0.15) is 10.5 Å². The Labute approximate surface area is 197 Å². The number of fused-ring (bicyclic) bond motifs is 1. The largest absolute Gasteiger partial charge is 0.477 e. The minimum atomic E-state index is -1.26. The summed E-state index contributed by atoms with van der Waals surface area (Å²) in [6.45, 7) is 0. The second-order valence-electron chi connectivity index (χ2n) is 6.62. The van der Waals surface area contributed by atoms with Crippen LogP contribution in [-0.2, 0) is 26.2 Å². The molecule has 17 heteroatoms. The fraction of sp³-hybridized carbons (Fsp3) is 0.312. The molecule has 2 aliphatic rings. The third-order valence-electron chi connectivity index (χ3n) is 4.62. The third kappa shape index (κ3) is 4.33. The average molecular weight is 511 g/mol. The first-order valence-corrected chi connectivity index (χ1v) is 12.0.